The lowest BCUT2D eigenvalue weighted by molar-refractivity contribution is 0.801. The predicted octanol–water partition coefficient (Wildman–Crippen LogP) is 3.75. The number of benzene rings is 1. The number of aryl methyl sites for hydroxylation is 2. The fourth-order valence-corrected chi connectivity index (χ4v) is 3.77. The Bertz CT molecular complexity index is 844. The monoisotopic (exact) mass is 340 g/mol. The molecule has 0 saturated carbocycles. The van der Waals surface area contributed by atoms with Crippen molar-refractivity contribution in [2.75, 3.05) is 13.6 Å². The quantitative estimate of drug-likeness (QED) is 0.489. The minimum atomic E-state index is 0.810. The van der Waals surface area contributed by atoms with Gasteiger partial charge in [0, 0.05) is 40.4 Å². The molecule has 0 spiro atoms. The summed E-state index contributed by atoms with van der Waals surface area (Å²) < 4.78 is 0. The molecule has 0 aliphatic carbocycles. The molecule has 24 heavy (non-hydrogen) atoms. The van der Waals surface area contributed by atoms with Crippen LogP contribution in [0.25, 0.3) is 10.9 Å². The molecule has 0 aliphatic rings. The highest BCUT2D eigenvalue weighted by atomic mass is 32.1. The number of rotatable bonds is 5. The van der Waals surface area contributed by atoms with Crippen molar-refractivity contribution in [1.82, 2.24) is 15.6 Å². The molecule has 0 unspecified atom stereocenters. The molecule has 0 bridgehead atoms. The van der Waals surface area contributed by atoms with Crippen LogP contribution in [0, 0.1) is 13.8 Å². The van der Waals surface area contributed by atoms with E-state index in [1.807, 2.05) is 18.4 Å². The molecular weight excluding hydrogens is 316 g/mol. The maximum Gasteiger partial charge on any atom is 0.191 e. The predicted molar refractivity (Wildman–Crippen MR) is 104 cm³/mol. The first-order valence-corrected chi connectivity index (χ1v) is 9.04. The molecule has 126 valence electrons. The van der Waals surface area contributed by atoms with Gasteiger partial charge in [-0.05, 0) is 49.6 Å². The van der Waals surface area contributed by atoms with Gasteiger partial charge in [-0.3, -0.25) is 4.99 Å². The Labute approximate surface area is 147 Å². The van der Waals surface area contributed by atoms with Gasteiger partial charge in [-0.15, -0.1) is 11.3 Å². The van der Waals surface area contributed by atoms with Crippen LogP contribution in [-0.2, 0) is 13.0 Å². The van der Waals surface area contributed by atoms with E-state index in [0.717, 1.165) is 25.5 Å². The van der Waals surface area contributed by atoms with E-state index in [4.69, 9.17) is 0 Å². The highest BCUT2D eigenvalue weighted by Gasteiger charge is 2.06. The first-order valence-electron chi connectivity index (χ1n) is 8.23. The Kier molecular flexibility index (Phi) is 5.20. The number of H-pyrrole nitrogens is 1. The van der Waals surface area contributed by atoms with Crippen LogP contribution in [0.3, 0.4) is 0 Å². The molecule has 5 heteroatoms. The van der Waals surface area contributed by atoms with Crippen LogP contribution in [-0.4, -0.2) is 24.5 Å². The number of aromatic amines is 1. The molecule has 3 N–H and O–H groups in total. The summed E-state index contributed by atoms with van der Waals surface area (Å²) in [7, 11) is 1.81. The van der Waals surface area contributed by atoms with Gasteiger partial charge in [0.15, 0.2) is 5.96 Å². The van der Waals surface area contributed by atoms with Crippen molar-refractivity contribution in [3.8, 4) is 0 Å². The number of fused-ring (bicyclic) bond motifs is 1. The van der Waals surface area contributed by atoms with Crippen molar-refractivity contribution < 1.29 is 0 Å². The summed E-state index contributed by atoms with van der Waals surface area (Å²) in [5, 5.41) is 8.11. The maximum atomic E-state index is 4.30. The molecule has 0 amide bonds. The summed E-state index contributed by atoms with van der Waals surface area (Å²) >= 11 is 1.82. The van der Waals surface area contributed by atoms with Gasteiger partial charge in [0.2, 0.25) is 0 Å². The minimum Gasteiger partial charge on any atom is -0.361 e. The summed E-state index contributed by atoms with van der Waals surface area (Å²) in [6.45, 7) is 5.95. The lowest BCUT2D eigenvalue weighted by Gasteiger charge is -2.11. The van der Waals surface area contributed by atoms with Crippen molar-refractivity contribution in [3.63, 3.8) is 0 Å². The zero-order valence-corrected chi connectivity index (χ0v) is 15.3. The zero-order valence-electron chi connectivity index (χ0n) is 14.4. The third kappa shape index (κ3) is 3.79. The summed E-state index contributed by atoms with van der Waals surface area (Å²) in [5.74, 6) is 0.845. The van der Waals surface area contributed by atoms with E-state index >= 15 is 0 Å². The fraction of sp³-hybridized carbons (Fsp3) is 0.316. The molecule has 0 saturated heterocycles. The van der Waals surface area contributed by atoms with Gasteiger partial charge in [-0.2, -0.15) is 0 Å². The molecule has 2 heterocycles. The lowest BCUT2D eigenvalue weighted by Crippen LogP contribution is -2.37. The number of guanidine groups is 1. The van der Waals surface area contributed by atoms with Crippen molar-refractivity contribution >= 4 is 28.2 Å². The maximum absolute atomic E-state index is 4.30. The van der Waals surface area contributed by atoms with Crippen molar-refractivity contribution in [2.24, 2.45) is 4.99 Å². The van der Waals surface area contributed by atoms with Crippen LogP contribution in [0.4, 0.5) is 0 Å². The standard InChI is InChI=1S/C19H24N4S/c1-13-5-4-6-17-18(13)15(11-22-17)9-10-21-19(20-3)23-12-16-8-7-14(2)24-16/h4-8,11,22H,9-10,12H2,1-3H3,(H2,20,21,23). The minimum absolute atomic E-state index is 0.810. The summed E-state index contributed by atoms with van der Waals surface area (Å²) in [6, 6.07) is 10.7. The molecule has 0 radical (unpaired) electrons. The summed E-state index contributed by atoms with van der Waals surface area (Å²) in [4.78, 5) is 10.3. The number of aliphatic imine (C=N–C) groups is 1. The zero-order chi connectivity index (χ0) is 16.9. The van der Waals surface area contributed by atoms with E-state index < -0.39 is 0 Å². The Balaban J connectivity index is 1.54. The molecule has 0 atom stereocenters. The molecule has 0 fully saturated rings. The smallest absolute Gasteiger partial charge is 0.191 e. The topological polar surface area (TPSA) is 52.2 Å². The highest BCUT2D eigenvalue weighted by Crippen LogP contribution is 2.22. The Morgan fingerprint density at radius 3 is 2.79 bits per heavy atom. The number of nitrogens with zero attached hydrogens (tertiary/aromatic N) is 1. The number of thiophene rings is 1. The van der Waals surface area contributed by atoms with Crippen molar-refractivity contribution in [2.45, 2.75) is 26.8 Å². The van der Waals surface area contributed by atoms with Gasteiger partial charge in [0.05, 0.1) is 6.54 Å². The van der Waals surface area contributed by atoms with E-state index in [0.29, 0.717) is 0 Å². The van der Waals surface area contributed by atoms with Gasteiger partial charge in [-0.25, -0.2) is 0 Å². The van der Waals surface area contributed by atoms with E-state index in [-0.39, 0.29) is 0 Å². The van der Waals surface area contributed by atoms with Crippen LogP contribution in [0.2, 0.25) is 0 Å². The Morgan fingerprint density at radius 1 is 1.17 bits per heavy atom. The number of nitrogens with one attached hydrogen (secondary N) is 3. The van der Waals surface area contributed by atoms with Crippen LogP contribution in [0.5, 0.6) is 0 Å². The molecule has 0 aliphatic heterocycles. The van der Waals surface area contributed by atoms with Crippen LogP contribution in [0.1, 0.15) is 20.9 Å². The Hall–Kier alpha value is -2.27. The van der Waals surface area contributed by atoms with E-state index in [9.17, 15) is 0 Å². The van der Waals surface area contributed by atoms with E-state index in [1.165, 1.54) is 31.8 Å². The second-order valence-corrected chi connectivity index (χ2v) is 7.30. The number of hydrogen-bond acceptors (Lipinski definition) is 2. The van der Waals surface area contributed by atoms with Gasteiger partial charge in [-0.1, -0.05) is 12.1 Å². The second kappa shape index (κ2) is 7.53. The highest BCUT2D eigenvalue weighted by molar-refractivity contribution is 7.11. The molecule has 4 nitrogen and oxygen atoms in total. The van der Waals surface area contributed by atoms with Gasteiger partial charge in [0.25, 0.3) is 0 Å². The van der Waals surface area contributed by atoms with E-state index in [1.54, 1.807) is 0 Å². The van der Waals surface area contributed by atoms with E-state index in [2.05, 4.69) is 71.0 Å². The lowest BCUT2D eigenvalue weighted by atomic mass is 10.1. The first-order chi connectivity index (χ1) is 11.7. The molecule has 1 aromatic carbocycles. The summed E-state index contributed by atoms with van der Waals surface area (Å²) in [6.07, 6.45) is 3.08. The molecule has 2 aromatic heterocycles. The molecule has 3 aromatic rings. The third-order valence-corrected chi connectivity index (χ3v) is 5.13. The Morgan fingerprint density at radius 2 is 2.04 bits per heavy atom. The third-order valence-electron chi connectivity index (χ3n) is 4.13. The average Bonchev–Trinajstić information content (AvgIpc) is 3.18. The van der Waals surface area contributed by atoms with Gasteiger partial charge < -0.3 is 15.6 Å². The van der Waals surface area contributed by atoms with Crippen LogP contribution < -0.4 is 10.6 Å². The molecule has 3 rings (SSSR count). The molecular formula is C19H24N4S. The van der Waals surface area contributed by atoms with Crippen molar-refractivity contribution in [1.29, 1.82) is 0 Å². The SMILES string of the molecule is CN=C(NCCc1c[nH]c2cccc(C)c12)NCc1ccc(C)s1. The fourth-order valence-electron chi connectivity index (χ4n) is 2.94. The number of hydrogen-bond donors (Lipinski definition) is 3. The van der Waals surface area contributed by atoms with Gasteiger partial charge >= 0.3 is 0 Å². The normalized spacial score (nSPS) is 11.9. The van der Waals surface area contributed by atoms with Crippen molar-refractivity contribution in [3.05, 3.63) is 57.4 Å². The second-order valence-electron chi connectivity index (χ2n) is 5.93. The average molecular weight is 340 g/mol. The van der Waals surface area contributed by atoms with Crippen LogP contribution >= 0.6 is 11.3 Å². The van der Waals surface area contributed by atoms with Gasteiger partial charge in [0.1, 0.15) is 0 Å². The largest absolute Gasteiger partial charge is 0.361 e. The van der Waals surface area contributed by atoms with Crippen LogP contribution in [0.15, 0.2) is 41.5 Å². The summed E-state index contributed by atoms with van der Waals surface area (Å²) in [5.41, 5.74) is 3.87. The first kappa shape index (κ1) is 16.6. The number of aromatic nitrogens is 1.